The summed E-state index contributed by atoms with van der Waals surface area (Å²) in [5, 5.41) is 0. The highest BCUT2D eigenvalue weighted by atomic mass is 16.7. The molecule has 0 amide bonds. The van der Waals surface area contributed by atoms with Crippen molar-refractivity contribution in [2.24, 2.45) is 11.8 Å². The molecule has 0 radical (unpaired) electrons. The van der Waals surface area contributed by atoms with Gasteiger partial charge in [0.25, 0.3) is 0 Å². The Morgan fingerprint density at radius 1 is 1.40 bits per heavy atom. The first-order valence-corrected chi connectivity index (χ1v) is 9.40. The first-order chi connectivity index (χ1) is 11.9. The lowest BCUT2D eigenvalue weighted by Gasteiger charge is -2.40. The van der Waals surface area contributed by atoms with E-state index >= 15 is 0 Å². The van der Waals surface area contributed by atoms with Crippen LogP contribution in [0.25, 0.3) is 0 Å². The average Bonchev–Trinajstić information content (AvgIpc) is 3.06. The summed E-state index contributed by atoms with van der Waals surface area (Å²) in [6.45, 7) is 10.6. The van der Waals surface area contributed by atoms with E-state index in [-0.39, 0.29) is 5.92 Å². The lowest BCUT2D eigenvalue weighted by molar-refractivity contribution is -0.119. The molecule has 0 bridgehead atoms. The highest BCUT2D eigenvalue weighted by molar-refractivity contribution is 6.02. The topological polar surface area (TPSA) is 54.6 Å². The molecule has 5 heteroatoms. The molecule has 25 heavy (non-hydrogen) atoms. The molecule has 1 fully saturated rings. The molecule has 0 aromatic carbocycles. The highest BCUT2D eigenvalue weighted by Crippen LogP contribution is 2.38. The number of aromatic nitrogens is 1. The summed E-state index contributed by atoms with van der Waals surface area (Å²) in [4.78, 5) is 19.0. The Bertz CT molecular complexity index is 732. The minimum atomic E-state index is -0.568. The molecule has 0 saturated carbocycles. The molecule has 2 aliphatic heterocycles. The summed E-state index contributed by atoms with van der Waals surface area (Å²) < 4.78 is 11.3. The van der Waals surface area contributed by atoms with Crippen LogP contribution in [-0.2, 0) is 22.3 Å². The second kappa shape index (κ2) is 5.90. The van der Waals surface area contributed by atoms with E-state index in [4.69, 9.17) is 9.47 Å². The first kappa shape index (κ1) is 16.7. The number of carbonyl (C=O) groups is 1. The Balaban J connectivity index is 1.50. The normalized spacial score (nSPS) is 28.0. The molecule has 1 aromatic rings. The van der Waals surface area contributed by atoms with Crippen molar-refractivity contribution in [3.05, 3.63) is 34.5 Å². The Morgan fingerprint density at radius 2 is 2.20 bits per heavy atom. The molecule has 1 aliphatic carbocycles. The van der Waals surface area contributed by atoms with Gasteiger partial charge in [-0.2, -0.15) is 0 Å². The van der Waals surface area contributed by atoms with Crippen LogP contribution >= 0.6 is 0 Å². The maximum Gasteiger partial charge on any atom is 0.244 e. The molecular formula is C20H28N2O3. The molecule has 4 rings (SSSR count). The number of carbonyl (C=O) groups excluding carboxylic acids is 1. The van der Waals surface area contributed by atoms with Crippen LogP contribution in [-0.4, -0.2) is 41.1 Å². The number of ketones is 1. The number of Topliss-reactive ketones (excluding diaryl/α,β-unsaturated/α-hetero) is 1. The predicted molar refractivity (Wildman–Crippen MR) is 95.3 cm³/mol. The van der Waals surface area contributed by atoms with Crippen molar-refractivity contribution in [1.29, 1.82) is 0 Å². The van der Waals surface area contributed by atoms with Crippen molar-refractivity contribution >= 4 is 5.78 Å². The molecule has 0 spiro atoms. The number of aromatic amines is 1. The molecular weight excluding hydrogens is 316 g/mol. The molecule has 1 N–H and O–H groups in total. The van der Waals surface area contributed by atoms with Crippen molar-refractivity contribution in [1.82, 2.24) is 9.88 Å². The molecule has 1 saturated heterocycles. The zero-order valence-corrected chi connectivity index (χ0v) is 15.6. The number of nitrogens with zero attached hydrogens (tertiary/aromatic N) is 1. The minimum absolute atomic E-state index is 0.109. The van der Waals surface area contributed by atoms with Crippen LogP contribution in [0.4, 0.5) is 0 Å². The molecule has 5 nitrogen and oxygen atoms in total. The van der Waals surface area contributed by atoms with Crippen LogP contribution in [0.3, 0.4) is 0 Å². The van der Waals surface area contributed by atoms with Crippen LogP contribution in [0.1, 0.15) is 54.5 Å². The fraction of sp³-hybridized carbons (Fsp3) is 0.650. The third-order valence-corrected chi connectivity index (χ3v) is 5.87. The fourth-order valence-electron chi connectivity index (χ4n) is 4.69. The fourth-order valence-corrected chi connectivity index (χ4v) is 4.69. The number of rotatable bonds is 3. The summed E-state index contributed by atoms with van der Waals surface area (Å²) in [7, 11) is 0. The molecule has 2 unspecified atom stereocenters. The number of nitrogens with one attached hydrogen (secondary N) is 1. The van der Waals surface area contributed by atoms with Crippen molar-refractivity contribution in [2.75, 3.05) is 19.6 Å². The van der Waals surface area contributed by atoms with Gasteiger partial charge in [-0.1, -0.05) is 6.92 Å². The van der Waals surface area contributed by atoms with Crippen molar-refractivity contribution in [3.8, 4) is 0 Å². The summed E-state index contributed by atoms with van der Waals surface area (Å²) >= 11 is 0. The van der Waals surface area contributed by atoms with Crippen LogP contribution in [0.5, 0.6) is 0 Å². The number of ether oxygens (including phenoxy) is 2. The van der Waals surface area contributed by atoms with E-state index in [1.807, 2.05) is 13.8 Å². The Labute approximate surface area is 149 Å². The number of H-pyrrole nitrogens is 1. The quantitative estimate of drug-likeness (QED) is 0.915. The largest absolute Gasteiger partial charge is 0.457 e. The Kier molecular flexibility index (Phi) is 3.95. The van der Waals surface area contributed by atoms with Gasteiger partial charge in [-0.25, -0.2) is 0 Å². The third-order valence-electron chi connectivity index (χ3n) is 5.87. The zero-order valence-electron chi connectivity index (χ0n) is 15.6. The summed E-state index contributed by atoms with van der Waals surface area (Å²) in [6.07, 6.45) is 4.71. The van der Waals surface area contributed by atoms with Gasteiger partial charge in [0.2, 0.25) is 5.79 Å². The van der Waals surface area contributed by atoms with Gasteiger partial charge in [0.05, 0.1) is 6.54 Å². The van der Waals surface area contributed by atoms with Gasteiger partial charge >= 0.3 is 0 Å². The monoisotopic (exact) mass is 344 g/mol. The number of piperidine rings is 1. The van der Waals surface area contributed by atoms with Crippen molar-refractivity contribution < 1.29 is 14.3 Å². The smallest absolute Gasteiger partial charge is 0.244 e. The van der Waals surface area contributed by atoms with E-state index in [0.29, 0.717) is 11.7 Å². The van der Waals surface area contributed by atoms with Crippen LogP contribution < -0.4 is 0 Å². The second-order valence-corrected chi connectivity index (χ2v) is 8.10. The van der Waals surface area contributed by atoms with Crippen LogP contribution in [0.2, 0.25) is 0 Å². The van der Waals surface area contributed by atoms with E-state index in [2.05, 4.69) is 23.7 Å². The zero-order chi connectivity index (χ0) is 17.8. The van der Waals surface area contributed by atoms with Crippen molar-refractivity contribution in [3.63, 3.8) is 0 Å². The summed E-state index contributed by atoms with van der Waals surface area (Å²) in [5.41, 5.74) is 4.54. The molecule has 136 valence electrons. The minimum Gasteiger partial charge on any atom is -0.457 e. The highest BCUT2D eigenvalue weighted by Gasteiger charge is 2.42. The van der Waals surface area contributed by atoms with Gasteiger partial charge in [-0.15, -0.1) is 0 Å². The second-order valence-electron chi connectivity index (χ2n) is 8.10. The standard InChI is InChI=1S/C20H28N2O3/c1-5-15-12(2)21-17-8-13-6-7-22(10-16(13)19(23)18(15)17)9-14-11-24-20(3,4)25-14/h11,13,16,21H,5-10H2,1-4H3. The van der Waals surface area contributed by atoms with Gasteiger partial charge in [-0.3, -0.25) is 9.69 Å². The maximum absolute atomic E-state index is 13.2. The molecule has 1 aromatic heterocycles. The molecule has 3 heterocycles. The number of hydrogen-bond acceptors (Lipinski definition) is 4. The van der Waals surface area contributed by atoms with Crippen LogP contribution in [0, 0.1) is 18.8 Å². The lowest BCUT2D eigenvalue weighted by atomic mass is 9.72. The van der Waals surface area contributed by atoms with Gasteiger partial charge in [0.1, 0.15) is 12.0 Å². The third kappa shape index (κ3) is 2.88. The summed E-state index contributed by atoms with van der Waals surface area (Å²) in [5.74, 6) is 1.21. The van der Waals surface area contributed by atoms with E-state index in [9.17, 15) is 4.79 Å². The first-order valence-electron chi connectivity index (χ1n) is 9.40. The van der Waals surface area contributed by atoms with E-state index in [0.717, 1.165) is 50.2 Å². The van der Waals surface area contributed by atoms with Crippen LogP contribution in [0.15, 0.2) is 12.0 Å². The molecule has 2 atom stereocenters. The van der Waals surface area contributed by atoms with E-state index in [1.165, 1.54) is 17.0 Å². The predicted octanol–water partition coefficient (Wildman–Crippen LogP) is 3.19. The lowest BCUT2D eigenvalue weighted by Crippen LogP contribution is -2.47. The van der Waals surface area contributed by atoms with E-state index in [1.54, 1.807) is 6.26 Å². The number of likely N-dealkylation sites (tertiary alicyclic amines) is 1. The van der Waals surface area contributed by atoms with Gasteiger partial charge < -0.3 is 14.5 Å². The van der Waals surface area contributed by atoms with Crippen molar-refractivity contribution in [2.45, 2.75) is 52.7 Å². The van der Waals surface area contributed by atoms with Gasteiger partial charge in [0.15, 0.2) is 5.78 Å². The summed E-state index contributed by atoms with van der Waals surface area (Å²) in [6, 6.07) is 0. The van der Waals surface area contributed by atoms with E-state index < -0.39 is 5.79 Å². The molecule has 3 aliphatic rings. The Morgan fingerprint density at radius 3 is 2.88 bits per heavy atom. The maximum atomic E-state index is 13.2. The Hall–Kier alpha value is -1.75. The number of fused-ring (bicyclic) bond motifs is 2. The SMILES string of the molecule is CCc1c(C)[nH]c2c1C(=O)C1CN(CC3=COC(C)(C)O3)CCC1C2. The number of hydrogen-bond donors (Lipinski definition) is 1. The van der Waals surface area contributed by atoms with Gasteiger partial charge in [-0.05, 0) is 44.2 Å². The van der Waals surface area contributed by atoms with Gasteiger partial charge in [0, 0.05) is 43.3 Å². The number of aryl methyl sites for hydroxylation is 1. The average molecular weight is 344 g/mol.